The smallest absolute Gasteiger partial charge is 0.0832 e. The summed E-state index contributed by atoms with van der Waals surface area (Å²) in [6.45, 7) is 3.94. The molecule has 2 heterocycles. The van der Waals surface area contributed by atoms with Gasteiger partial charge in [-0.2, -0.15) is 0 Å². The van der Waals surface area contributed by atoms with E-state index in [1.807, 2.05) is 37.6 Å². The first-order valence-corrected chi connectivity index (χ1v) is 6.51. The lowest BCUT2D eigenvalue weighted by Gasteiger charge is -2.15. The predicted octanol–water partition coefficient (Wildman–Crippen LogP) is 2.97. The van der Waals surface area contributed by atoms with Gasteiger partial charge in [0.2, 0.25) is 0 Å². The van der Waals surface area contributed by atoms with Crippen LogP contribution in [0.3, 0.4) is 0 Å². The fraction of sp³-hybridized carbons (Fsp3) is 0.250. The number of halogens is 1. The molecular weight excluding hydrogens is 254 g/mol. The van der Waals surface area contributed by atoms with Crippen LogP contribution in [0.15, 0.2) is 23.7 Å². The molecule has 5 heteroatoms. The number of nitrogens with one attached hydrogen (secondary N) is 1. The van der Waals surface area contributed by atoms with Crippen LogP contribution < -0.4 is 11.3 Å². The standard InChI is InChI=1S/C12H14ClN3S/c1-7-6-17-12(10(7)13)11(16-14)9-4-3-8(2)15-5-9/h3-6,11,16H,14H2,1-2H3. The molecular formula is C12H14ClN3S. The maximum atomic E-state index is 6.26. The van der Waals surface area contributed by atoms with Crippen molar-refractivity contribution in [1.29, 1.82) is 0 Å². The van der Waals surface area contributed by atoms with E-state index in [1.165, 1.54) is 0 Å². The lowest BCUT2D eigenvalue weighted by molar-refractivity contribution is 0.644. The molecule has 0 aromatic carbocycles. The summed E-state index contributed by atoms with van der Waals surface area (Å²) in [7, 11) is 0. The van der Waals surface area contributed by atoms with Gasteiger partial charge in [0.25, 0.3) is 0 Å². The van der Waals surface area contributed by atoms with Crippen LogP contribution in [0, 0.1) is 13.8 Å². The van der Waals surface area contributed by atoms with Gasteiger partial charge in [0.15, 0.2) is 0 Å². The third-order valence-corrected chi connectivity index (χ3v) is 4.40. The molecule has 0 bridgehead atoms. The first-order chi connectivity index (χ1) is 8.13. The molecule has 2 rings (SSSR count). The Morgan fingerprint density at radius 2 is 2.18 bits per heavy atom. The molecule has 0 fully saturated rings. The van der Waals surface area contributed by atoms with Gasteiger partial charge in [-0.1, -0.05) is 17.7 Å². The van der Waals surface area contributed by atoms with E-state index >= 15 is 0 Å². The van der Waals surface area contributed by atoms with Crippen molar-refractivity contribution >= 4 is 22.9 Å². The number of hydrogen-bond acceptors (Lipinski definition) is 4. The molecule has 2 aromatic rings. The number of hydrazine groups is 1. The molecule has 0 spiro atoms. The summed E-state index contributed by atoms with van der Waals surface area (Å²) in [5.41, 5.74) is 5.87. The molecule has 0 saturated carbocycles. The molecule has 1 atom stereocenters. The number of thiophene rings is 1. The van der Waals surface area contributed by atoms with E-state index < -0.39 is 0 Å². The molecule has 17 heavy (non-hydrogen) atoms. The Bertz CT molecular complexity index is 507. The average molecular weight is 268 g/mol. The second-order valence-corrected chi connectivity index (χ2v) is 5.22. The van der Waals surface area contributed by atoms with Gasteiger partial charge in [-0.3, -0.25) is 10.8 Å². The molecule has 3 N–H and O–H groups in total. The topological polar surface area (TPSA) is 50.9 Å². The Labute approximate surface area is 110 Å². The maximum Gasteiger partial charge on any atom is 0.0832 e. The van der Waals surface area contributed by atoms with Gasteiger partial charge in [-0.05, 0) is 36.4 Å². The maximum absolute atomic E-state index is 6.26. The summed E-state index contributed by atoms with van der Waals surface area (Å²) in [5, 5.41) is 2.81. The summed E-state index contributed by atoms with van der Waals surface area (Å²) in [4.78, 5) is 5.30. The van der Waals surface area contributed by atoms with Crippen LogP contribution in [-0.4, -0.2) is 4.98 Å². The van der Waals surface area contributed by atoms with Crippen LogP contribution in [0.1, 0.15) is 27.7 Å². The number of aryl methyl sites for hydroxylation is 2. The molecule has 0 radical (unpaired) electrons. The van der Waals surface area contributed by atoms with Gasteiger partial charge >= 0.3 is 0 Å². The van der Waals surface area contributed by atoms with Gasteiger partial charge in [0, 0.05) is 16.8 Å². The predicted molar refractivity (Wildman–Crippen MR) is 72.2 cm³/mol. The Morgan fingerprint density at radius 3 is 2.65 bits per heavy atom. The zero-order valence-corrected chi connectivity index (χ0v) is 11.3. The minimum atomic E-state index is -0.103. The van der Waals surface area contributed by atoms with Crippen LogP contribution in [-0.2, 0) is 0 Å². The van der Waals surface area contributed by atoms with E-state index in [-0.39, 0.29) is 6.04 Å². The van der Waals surface area contributed by atoms with Crippen molar-refractivity contribution in [3.8, 4) is 0 Å². The Kier molecular flexibility index (Phi) is 3.79. The fourth-order valence-electron chi connectivity index (χ4n) is 1.62. The summed E-state index contributed by atoms with van der Waals surface area (Å²) in [5.74, 6) is 5.62. The molecule has 0 aliphatic carbocycles. The summed E-state index contributed by atoms with van der Waals surface area (Å²) in [6.07, 6.45) is 1.82. The number of pyridine rings is 1. The minimum Gasteiger partial charge on any atom is -0.271 e. The zero-order valence-electron chi connectivity index (χ0n) is 9.70. The number of aromatic nitrogens is 1. The summed E-state index contributed by atoms with van der Waals surface area (Å²) in [6, 6.07) is 3.88. The van der Waals surface area contributed by atoms with Gasteiger partial charge in [-0.15, -0.1) is 11.3 Å². The van der Waals surface area contributed by atoms with E-state index in [0.29, 0.717) is 0 Å². The van der Waals surface area contributed by atoms with Gasteiger partial charge in [-0.25, -0.2) is 5.43 Å². The van der Waals surface area contributed by atoms with Crippen molar-refractivity contribution in [2.24, 2.45) is 5.84 Å². The molecule has 0 amide bonds. The number of hydrogen-bond donors (Lipinski definition) is 2. The highest BCUT2D eigenvalue weighted by molar-refractivity contribution is 7.10. The lowest BCUT2D eigenvalue weighted by atomic mass is 10.1. The van der Waals surface area contributed by atoms with Crippen LogP contribution >= 0.6 is 22.9 Å². The van der Waals surface area contributed by atoms with E-state index in [2.05, 4.69) is 10.4 Å². The molecule has 0 aliphatic rings. The highest BCUT2D eigenvalue weighted by Gasteiger charge is 2.18. The van der Waals surface area contributed by atoms with Crippen molar-refractivity contribution in [1.82, 2.24) is 10.4 Å². The monoisotopic (exact) mass is 267 g/mol. The minimum absolute atomic E-state index is 0.103. The highest BCUT2D eigenvalue weighted by Crippen LogP contribution is 2.35. The van der Waals surface area contributed by atoms with Gasteiger partial charge in [0.05, 0.1) is 11.1 Å². The van der Waals surface area contributed by atoms with Crippen molar-refractivity contribution in [2.45, 2.75) is 19.9 Å². The lowest BCUT2D eigenvalue weighted by Crippen LogP contribution is -2.28. The van der Waals surface area contributed by atoms with Crippen molar-refractivity contribution in [3.63, 3.8) is 0 Å². The van der Waals surface area contributed by atoms with Crippen LogP contribution in [0.2, 0.25) is 5.02 Å². The largest absolute Gasteiger partial charge is 0.271 e. The van der Waals surface area contributed by atoms with Crippen LogP contribution in [0.5, 0.6) is 0 Å². The van der Waals surface area contributed by atoms with Crippen LogP contribution in [0.4, 0.5) is 0 Å². The SMILES string of the molecule is Cc1ccc(C(NN)c2scc(C)c2Cl)cn1. The molecule has 2 aromatic heterocycles. The van der Waals surface area contributed by atoms with Crippen molar-refractivity contribution < 1.29 is 0 Å². The number of nitrogens with zero attached hydrogens (tertiary/aromatic N) is 1. The summed E-state index contributed by atoms with van der Waals surface area (Å²) >= 11 is 7.86. The second-order valence-electron chi connectivity index (χ2n) is 3.93. The van der Waals surface area contributed by atoms with Gasteiger partial charge < -0.3 is 0 Å². The second kappa shape index (κ2) is 5.14. The Morgan fingerprint density at radius 1 is 1.41 bits per heavy atom. The highest BCUT2D eigenvalue weighted by atomic mass is 35.5. The first kappa shape index (κ1) is 12.5. The van der Waals surface area contributed by atoms with Crippen molar-refractivity contribution in [3.05, 3.63) is 50.4 Å². The van der Waals surface area contributed by atoms with Crippen molar-refractivity contribution in [2.75, 3.05) is 0 Å². The van der Waals surface area contributed by atoms with E-state index in [4.69, 9.17) is 17.4 Å². The summed E-state index contributed by atoms with van der Waals surface area (Å²) < 4.78 is 0. The quantitative estimate of drug-likeness (QED) is 0.664. The van der Waals surface area contributed by atoms with E-state index in [0.717, 1.165) is 26.7 Å². The Hall–Kier alpha value is -0.940. The van der Waals surface area contributed by atoms with Gasteiger partial charge in [0.1, 0.15) is 0 Å². The number of nitrogens with two attached hydrogens (primary N) is 1. The van der Waals surface area contributed by atoms with Crippen LogP contribution in [0.25, 0.3) is 0 Å². The third-order valence-electron chi connectivity index (χ3n) is 2.62. The molecule has 3 nitrogen and oxygen atoms in total. The normalized spacial score (nSPS) is 12.7. The van der Waals surface area contributed by atoms with E-state index in [1.54, 1.807) is 11.3 Å². The average Bonchev–Trinajstić information content (AvgIpc) is 2.65. The zero-order chi connectivity index (χ0) is 12.4. The number of rotatable bonds is 3. The molecule has 1 unspecified atom stereocenters. The Balaban J connectivity index is 2.40. The molecule has 90 valence electrons. The third kappa shape index (κ3) is 2.50. The fourth-order valence-corrected chi connectivity index (χ4v) is 3.01. The van der Waals surface area contributed by atoms with E-state index in [9.17, 15) is 0 Å². The molecule has 0 saturated heterocycles. The first-order valence-electron chi connectivity index (χ1n) is 5.25. The molecule has 0 aliphatic heterocycles.